The van der Waals surface area contributed by atoms with Crippen LogP contribution in [0.5, 0.6) is 5.75 Å². The molecule has 5 nitrogen and oxygen atoms in total. The fraction of sp³-hybridized carbons (Fsp3) is 0.435. The smallest absolute Gasteiger partial charge is 0.203 e. The van der Waals surface area contributed by atoms with Crippen LogP contribution < -0.4 is 10.4 Å². The highest BCUT2D eigenvalue weighted by Crippen LogP contribution is 2.15. The number of nitrogens with zero attached hydrogens (tertiary/aromatic N) is 3. The van der Waals surface area contributed by atoms with Crippen LogP contribution in [0.25, 0.3) is 11.0 Å². The quantitative estimate of drug-likeness (QED) is 0.605. The first-order valence-electron chi connectivity index (χ1n) is 10.5. The minimum atomic E-state index is 0.595. The predicted octanol–water partition coefficient (Wildman–Crippen LogP) is 3.88. The highest BCUT2D eigenvalue weighted by Gasteiger charge is 2.13. The van der Waals surface area contributed by atoms with E-state index in [1.807, 2.05) is 30.3 Å². The maximum Gasteiger partial charge on any atom is 0.203 e. The maximum atomic E-state index is 8.76. The summed E-state index contributed by atoms with van der Waals surface area (Å²) in [4.78, 5) is 2.54. The Labute approximate surface area is 166 Å². The summed E-state index contributed by atoms with van der Waals surface area (Å²) in [5.41, 5.74) is 2.90. The molecule has 0 atom stereocenters. The number of aromatic nitrogens is 2. The second kappa shape index (κ2) is 9.11. The zero-order chi connectivity index (χ0) is 19.2. The summed E-state index contributed by atoms with van der Waals surface area (Å²) >= 11 is 0. The van der Waals surface area contributed by atoms with E-state index >= 15 is 0 Å². The zero-order valence-corrected chi connectivity index (χ0v) is 16.5. The van der Waals surface area contributed by atoms with Crippen LogP contribution in [0.1, 0.15) is 25.7 Å². The van der Waals surface area contributed by atoms with Crippen LogP contribution in [-0.4, -0.2) is 40.3 Å². The van der Waals surface area contributed by atoms with E-state index in [2.05, 4.69) is 38.3 Å². The monoisotopic (exact) mass is 378 g/mol. The molecule has 0 bridgehead atoms. The molecule has 5 heteroatoms. The Balaban J connectivity index is 1.44. The number of hydrogen-bond acceptors (Lipinski definition) is 3. The molecule has 0 amide bonds. The van der Waals surface area contributed by atoms with Gasteiger partial charge in [0.25, 0.3) is 0 Å². The summed E-state index contributed by atoms with van der Waals surface area (Å²) in [7, 11) is 0. The number of nitrogens with one attached hydrogen (secondary N) is 1. The molecular formula is C23H30N4O. The van der Waals surface area contributed by atoms with Gasteiger partial charge in [-0.25, -0.2) is 0 Å². The molecule has 28 heavy (non-hydrogen) atoms. The Hall–Kier alpha value is -2.53. The molecule has 3 aromatic rings. The normalized spacial score (nSPS) is 15.1. The van der Waals surface area contributed by atoms with E-state index in [9.17, 15) is 0 Å². The Morgan fingerprint density at radius 2 is 1.39 bits per heavy atom. The maximum absolute atomic E-state index is 8.76. The molecule has 0 radical (unpaired) electrons. The van der Waals surface area contributed by atoms with Gasteiger partial charge in [0.05, 0.1) is 17.6 Å². The second-order valence-electron chi connectivity index (χ2n) is 7.53. The van der Waals surface area contributed by atoms with Crippen molar-refractivity contribution in [3.05, 3.63) is 60.2 Å². The van der Waals surface area contributed by atoms with E-state index in [0.29, 0.717) is 12.2 Å². The molecule has 2 aromatic carbocycles. The van der Waals surface area contributed by atoms with Crippen molar-refractivity contribution in [1.82, 2.24) is 14.0 Å². The van der Waals surface area contributed by atoms with Gasteiger partial charge in [-0.1, -0.05) is 36.8 Å². The van der Waals surface area contributed by atoms with Gasteiger partial charge in [0.1, 0.15) is 5.75 Å². The average Bonchev–Trinajstić information content (AvgIpc) is 3.02. The van der Waals surface area contributed by atoms with Crippen LogP contribution in [0, 0.1) is 5.41 Å². The Kier molecular flexibility index (Phi) is 6.12. The zero-order valence-electron chi connectivity index (χ0n) is 16.5. The van der Waals surface area contributed by atoms with E-state index in [0.717, 1.165) is 42.8 Å². The van der Waals surface area contributed by atoms with Gasteiger partial charge in [0.2, 0.25) is 5.62 Å². The summed E-state index contributed by atoms with van der Waals surface area (Å²) in [6.07, 6.45) is 4.85. The Morgan fingerprint density at radius 1 is 0.750 bits per heavy atom. The summed E-state index contributed by atoms with van der Waals surface area (Å²) in [6.45, 7) is 5.76. The number of rotatable bonds is 8. The minimum Gasteiger partial charge on any atom is -0.494 e. The number of aryl methyl sites for hydroxylation is 1. The van der Waals surface area contributed by atoms with Crippen molar-refractivity contribution in [3.63, 3.8) is 0 Å². The van der Waals surface area contributed by atoms with Gasteiger partial charge in [-0.2, -0.15) is 0 Å². The van der Waals surface area contributed by atoms with Crippen molar-refractivity contribution >= 4 is 11.0 Å². The predicted molar refractivity (Wildman–Crippen MR) is 113 cm³/mol. The first-order chi connectivity index (χ1) is 13.8. The number of hydrogen-bond donors (Lipinski definition) is 1. The van der Waals surface area contributed by atoms with Gasteiger partial charge in [-0.3, -0.25) is 5.41 Å². The largest absolute Gasteiger partial charge is 0.494 e. The molecule has 0 aliphatic carbocycles. The summed E-state index contributed by atoms with van der Waals surface area (Å²) in [6, 6.07) is 18.3. The lowest BCUT2D eigenvalue weighted by Gasteiger charge is -2.26. The highest BCUT2D eigenvalue weighted by atomic mass is 16.5. The summed E-state index contributed by atoms with van der Waals surface area (Å²) in [5, 5.41) is 8.76. The molecular weight excluding hydrogens is 348 g/mol. The van der Waals surface area contributed by atoms with E-state index in [1.54, 1.807) is 0 Å². The Bertz CT molecular complexity index is 938. The molecule has 2 heterocycles. The highest BCUT2D eigenvalue weighted by molar-refractivity contribution is 5.75. The Morgan fingerprint density at radius 3 is 2.11 bits per heavy atom. The summed E-state index contributed by atoms with van der Waals surface area (Å²) in [5.74, 6) is 0.905. The molecule has 4 rings (SSSR count). The topological polar surface area (TPSA) is 46.2 Å². The van der Waals surface area contributed by atoms with Crippen LogP contribution in [-0.2, 0) is 13.1 Å². The first-order valence-corrected chi connectivity index (χ1v) is 10.5. The molecule has 1 aliphatic heterocycles. The van der Waals surface area contributed by atoms with Crippen molar-refractivity contribution in [2.45, 2.75) is 38.8 Å². The van der Waals surface area contributed by atoms with Crippen LogP contribution in [0.3, 0.4) is 0 Å². The van der Waals surface area contributed by atoms with Crippen LogP contribution in [0.15, 0.2) is 54.6 Å². The van der Waals surface area contributed by atoms with Crippen LogP contribution in [0.2, 0.25) is 0 Å². The lowest BCUT2D eigenvalue weighted by molar-refractivity contribution is 0.220. The van der Waals surface area contributed by atoms with E-state index in [1.165, 1.54) is 32.4 Å². The molecule has 0 saturated carbocycles. The van der Waals surface area contributed by atoms with Crippen LogP contribution >= 0.6 is 0 Å². The fourth-order valence-corrected chi connectivity index (χ4v) is 4.10. The fourth-order valence-electron chi connectivity index (χ4n) is 4.10. The third-order valence-electron chi connectivity index (χ3n) is 5.60. The lowest BCUT2D eigenvalue weighted by atomic mass is 10.1. The number of para-hydroxylation sites is 3. The standard InChI is InChI=1S/C23H30N4O/c24-23-26(16-9-19-28-20-10-3-1-4-11-20)21-12-5-6-13-22(21)27(23)18-17-25-14-7-2-8-15-25/h1,3-6,10-13,24H,2,7-9,14-19H2. The molecule has 1 aliphatic rings. The molecule has 0 spiro atoms. The van der Waals surface area contributed by atoms with Crippen molar-refractivity contribution in [1.29, 1.82) is 5.41 Å². The number of likely N-dealkylation sites (tertiary alicyclic amines) is 1. The van der Waals surface area contributed by atoms with E-state index in [-0.39, 0.29) is 0 Å². The van der Waals surface area contributed by atoms with E-state index in [4.69, 9.17) is 10.1 Å². The van der Waals surface area contributed by atoms with Crippen LogP contribution in [0.4, 0.5) is 0 Å². The second-order valence-corrected chi connectivity index (χ2v) is 7.53. The van der Waals surface area contributed by atoms with Crippen molar-refractivity contribution in [2.75, 3.05) is 26.2 Å². The molecule has 0 unspecified atom stereocenters. The number of piperidine rings is 1. The van der Waals surface area contributed by atoms with Gasteiger partial charge < -0.3 is 18.8 Å². The molecule has 1 N–H and O–H groups in total. The number of benzene rings is 2. The van der Waals surface area contributed by atoms with Crippen molar-refractivity contribution in [2.24, 2.45) is 0 Å². The third-order valence-corrected chi connectivity index (χ3v) is 5.60. The SMILES string of the molecule is N=c1n(CCCOc2ccccc2)c2ccccc2n1CCN1CCCCC1. The number of ether oxygens (including phenoxy) is 1. The van der Waals surface area contributed by atoms with Gasteiger partial charge in [0, 0.05) is 19.6 Å². The van der Waals surface area contributed by atoms with Gasteiger partial charge >= 0.3 is 0 Å². The molecule has 1 fully saturated rings. The average molecular weight is 379 g/mol. The van der Waals surface area contributed by atoms with E-state index < -0.39 is 0 Å². The molecule has 1 saturated heterocycles. The van der Waals surface area contributed by atoms with Crippen molar-refractivity contribution in [3.8, 4) is 5.75 Å². The number of fused-ring (bicyclic) bond motifs is 1. The lowest BCUT2D eigenvalue weighted by Crippen LogP contribution is -2.35. The van der Waals surface area contributed by atoms with Gasteiger partial charge in [0.15, 0.2) is 0 Å². The summed E-state index contributed by atoms with van der Waals surface area (Å²) < 4.78 is 10.1. The molecule has 1 aromatic heterocycles. The molecule has 148 valence electrons. The third kappa shape index (κ3) is 4.30. The van der Waals surface area contributed by atoms with Crippen molar-refractivity contribution < 1.29 is 4.74 Å². The minimum absolute atomic E-state index is 0.595. The van der Waals surface area contributed by atoms with Gasteiger partial charge in [-0.15, -0.1) is 0 Å². The van der Waals surface area contributed by atoms with Gasteiger partial charge in [-0.05, 0) is 56.6 Å². The first kappa shape index (κ1) is 18.8. The number of imidazole rings is 1.